The molecule has 1 aromatic rings. The van der Waals surface area contributed by atoms with Gasteiger partial charge in [0.2, 0.25) is 5.91 Å². The minimum atomic E-state index is -1.02. The Morgan fingerprint density at radius 3 is 2.68 bits per heavy atom. The van der Waals surface area contributed by atoms with Crippen molar-refractivity contribution < 1.29 is 19.4 Å². The Morgan fingerprint density at radius 1 is 1.37 bits per heavy atom. The van der Waals surface area contributed by atoms with Crippen LogP contribution in [0, 0.1) is 0 Å². The Morgan fingerprint density at radius 2 is 2.11 bits per heavy atom. The van der Waals surface area contributed by atoms with Crippen molar-refractivity contribution in [1.29, 1.82) is 0 Å². The van der Waals surface area contributed by atoms with Crippen LogP contribution in [-0.2, 0) is 9.59 Å². The highest BCUT2D eigenvalue weighted by molar-refractivity contribution is 5.95. The molecule has 19 heavy (non-hydrogen) atoms. The van der Waals surface area contributed by atoms with Gasteiger partial charge in [-0.25, -0.2) is 4.79 Å². The zero-order valence-electron chi connectivity index (χ0n) is 10.4. The molecule has 1 saturated heterocycles. The summed E-state index contributed by atoms with van der Waals surface area (Å²) in [6.45, 7) is 0.498. The number of hydrogen-bond donors (Lipinski definition) is 3. The van der Waals surface area contributed by atoms with E-state index in [1.165, 1.54) is 0 Å². The van der Waals surface area contributed by atoms with Gasteiger partial charge in [0.1, 0.15) is 5.75 Å². The number of carbonyl (C=O) groups excluding carboxylic acids is 1. The van der Waals surface area contributed by atoms with E-state index in [0.29, 0.717) is 11.4 Å². The molecule has 0 unspecified atom stereocenters. The van der Waals surface area contributed by atoms with E-state index < -0.39 is 5.97 Å². The van der Waals surface area contributed by atoms with Crippen LogP contribution in [-0.4, -0.2) is 36.2 Å². The molecule has 1 aliphatic rings. The largest absolute Gasteiger partial charge is 0.482 e. The number of hydrogen-bond acceptors (Lipinski definition) is 4. The lowest BCUT2D eigenvalue weighted by Crippen LogP contribution is -2.35. The molecule has 0 radical (unpaired) electrons. The fourth-order valence-electron chi connectivity index (χ4n) is 1.92. The van der Waals surface area contributed by atoms with Crippen LogP contribution >= 0.6 is 0 Å². The molecule has 1 heterocycles. The molecule has 0 bridgehead atoms. The molecule has 6 nitrogen and oxygen atoms in total. The van der Waals surface area contributed by atoms with Crippen LogP contribution in [0.15, 0.2) is 24.3 Å². The maximum atomic E-state index is 11.8. The number of ether oxygens (including phenoxy) is 1. The molecule has 1 atom stereocenters. The monoisotopic (exact) mass is 264 g/mol. The Bertz CT molecular complexity index is 452. The maximum absolute atomic E-state index is 11.8. The van der Waals surface area contributed by atoms with E-state index in [1.54, 1.807) is 24.3 Å². The SMILES string of the molecule is O=C(O)COc1ccc(NC(=O)[C@H]2CCCN2)cc1. The Kier molecular flexibility index (Phi) is 4.35. The van der Waals surface area contributed by atoms with Crippen LogP contribution in [0.2, 0.25) is 0 Å². The van der Waals surface area contributed by atoms with E-state index in [-0.39, 0.29) is 18.6 Å². The van der Waals surface area contributed by atoms with Crippen LogP contribution < -0.4 is 15.4 Å². The zero-order valence-corrected chi connectivity index (χ0v) is 10.4. The lowest BCUT2D eigenvalue weighted by atomic mass is 10.2. The molecule has 1 aromatic carbocycles. The number of anilines is 1. The highest BCUT2D eigenvalue weighted by atomic mass is 16.5. The second-order valence-electron chi connectivity index (χ2n) is 4.34. The molecular formula is C13H16N2O4. The van der Waals surface area contributed by atoms with Crippen molar-refractivity contribution >= 4 is 17.6 Å². The number of carboxylic acid groups (broad SMARTS) is 1. The number of amides is 1. The lowest BCUT2D eigenvalue weighted by Gasteiger charge is -2.11. The highest BCUT2D eigenvalue weighted by Crippen LogP contribution is 2.16. The van der Waals surface area contributed by atoms with Gasteiger partial charge in [-0.1, -0.05) is 0 Å². The zero-order chi connectivity index (χ0) is 13.7. The van der Waals surface area contributed by atoms with E-state index in [2.05, 4.69) is 10.6 Å². The van der Waals surface area contributed by atoms with E-state index >= 15 is 0 Å². The second kappa shape index (κ2) is 6.19. The van der Waals surface area contributed by atoms with Crippen molar-refractivity contribution in [3.63, 3.8) is 0 Å². The van der Waals surface area contributed by atoms with Crippen LogP contribution in [0.3, 0.4) is 0 Å². The first-order chi connectivity index (χ1) is 9.15. The molecular weight excluding hydrogens is 248 g/mol. The quantitative estimate of drug-likeness (QED) is 0.733. The number of carbonyl (C=O) groups is 2. The summed E-state index contributed by atoms with van der Waals surface area (Å²) < 4.78 is 5.00. The number of rotatable bonds is 5. The molecule has 1 amide bonds. The fourth-order valence-corrected chi connectivity index (χ4v) is 1.92. The minimum absolute atomic E-state index is 0.0447. The van der Waals surface area contributed by atoms with Crippen LogP contribution in [0.5, 0.6) is 5.75 Å². The van der Waals surface area contributed by atoms with Crippen molar-refractivity contribution in [2.45, 2.75) is 18.9 Å². The number of aliphatic carboxylic acids is 1. The van der Waals surface area contributed by atoms with Gasteiger partial charge < -0.3 is 20.5 Å². The average Bonchev–Trinajstić information content (AvgIpc) is 2.92. The van der Waals surface area contributed by atoms with Crippen molar-refractivity contribution in [1.82, 2.24) is 5.32 Å². The second-order valence-corrected chi connectivity index (χ2v) is 4.34. The summed E-state index contributed by atoms with van der Waals surface area (Å²) in [5.41, 5.74) is 0.668. The van der Waals surface area contributed by atoms with Gasteiger partial charge in [0, 0.05) is 5.69 Å². The standard InChI is InChI=1S/C13H16N2O4/c16-12(17)8-19-10-5-3-9(4-6-10)15-13(18)11-2-1-7-14-11/h3-6,11,14H,1-2,7-8H2,(H,15,18)(H,16,17)/t11-/m1/s1. The molecule has 1 fully saturated rings. The van der Waals surface area contributed by atoms with Gasteiger partial charge in [-0.05, 0) is 43.7 Å². The van der Waals surface area contributed by atoms with Gasteiger partial charge in [0.05, 0.1) is 6.04 Å². The van der Waals surface area contributed by atoms with Gasteiger partial charge >= 0.3 is 5.97 Å². The Hall–Kier alpha value is -2.08. The van der Waals surface area contributed by atoms with Crippen molar-refractivity contribution in [3.05, 3.63) is 24.3 Å². The first-order valence-electron chi connectivity index (χ1n) is 6.14. The highest BCUT2D eigenvalue weighted by Gasteiger charge is 2.21. The van der Waals surface area contributed by atoms with Crippen molar-refractivity contribution in [2.24, 2.45) is 0 Å². The summed E-state index contributed by atoms with van der Waals surface area (Å²) in [7, 11) is 0. The normalized spacial score (nSPS) is 18.0. The third kappa shape index (κ3) is 3.96. The van der Waals surface area contributed by atoms with E-state index in [1.807, 2.05) is 0 Å². The number of benzene rings is 1. The lowest BCUT2D eigenvalue weighted by molar-refractivity contribution is -0.139. The third-order valence-corrected chi connectivity index (χ3v) is 2.86. The topological polar surface area (TPSA) is 87.7 Å². The molecule has 0 saturated carbocycles. The van der Waals surface area contributed by atoms with Crippen LogP contribution in [0.4, 0.5) is 5.69 Å². The summed E-state index contributed by atoms with van der Waals surface area (Å²) in [6.07, 6.45) is 1.87. The van der Waals surface area contributed by atoms with Crippen LogP contribution in [0.25, 0.3) is 0 Å². The van der Waals surface area contributed by atoms with Gasteiger partial charge in [0.25, 0.3) is 0 Å². The molecule has 0 aromatic heterocycles. The third-order valence-electron chi connectivity index (χ3n) is 2.86. The van der Waals surface area contributed by atoms with Gasteiger partial charge in [-0.2, -0.15) is 0 Å². The van der Waals surface area contributed by atoms with E-state index in [0.717, 1.165) is 19.4 Å². The predicted octanol–water partition coefficient (Wildman–Crippen LogP) is 0.840. The summed E-state index contributed by atoms with van der Waals surface area (Å²) in [4.78, 5) is 22.2. The van der Waals surface area contributed by atoms with Gasteiger partial charge in [0.15, 0.2) is 6.61 Å². The Balaban J connectivity index is 1.87. The number of carboxylic acids is 1. The summed E-state index contributed by atoms with van der Waals surface area (Å²) in [5, 5.41) is 14.4. The molecule has 6 heteroatoms. The Labute approximate surface area is 110 Å². The van der Waals surface area contributed by atoms with E-state index in [9.17, 15) is 9.59 Å². The van der Waals surface area contributed by atoms with Crippen molar-refractivity contribution in [2.75, 3.05) is 18.5 Å². The molecule has 0 aliphatic carbocycles. The smallest absolute Gasteiger partial charge is 0.341 e. The fraction of sp³-hybridized carbons (Fsp3) is 0.385. The van der Waals surface area contributed by atoms with Gasteiger partial charge in [-0.3, -0.25) is 4.79 Å². The van der Waals surface area contributed by atoms with E-state index in [4.69, 9.17) is 9.84 Å². The van der Waals surface area contributed by atoms with Crippen LogP contribution in [0.1, 0.15) is 12.8 Å². The summed E-state index contributed by atoms with van der Waals surface area (Å²) >= 11 is 0. The first-order valence-corrected chi connectivity index (χ1v) is 6.14. The molecule has 102 valence electrons. The molecule has 2 rings (SSSR count). The predicted molar refractivity (Wildman–Crippen MR) is 69.2 cm³/mol. The summed E-state index contributed by atoms with van der Waals surface area (Å²) in [6, 6.07) is 6.50. The maximum Gasteiger partial charge on any atom is 0.341 e. The van der Waals surface area contributed by atoms with Crippen molar-refractivity contribution in [3.8, 4) is 5.75 Å². The molecule has 1 aliphatic heterocycles. The number of nitrogens with one attached hydrogen (secondary N) is 2. The van der Waals surface area contributed by atoms with Gasteiger partial charge in [-0.15, -0.1) is 0 Å². The first kappa shape index (κ1) is 13.4. The molecule has 3 N–H and O–H groups in total. The minimum Gasteiger partial charge on any atom is -0.482 e. The summed E-state index contributed by atoms with van der Waals surface area (Å²) in [5.74, 6) is -0.610. The average molecular weight is 264 g/mol. The molecule has 0 spiro atoms.